The predicted molar refractivity (Wildman–Crippen MR) is 93.8 cm³/mol. The lowest BCUT2D eigenvalue weighted by Crippen LogP contribution is -2.55. The molecule has 2 aliphatic heterocycles. The maximum absolute atomic E-state index is 12.5. The summed E-state index contributed by atoms with van der Waals surface area (Å²) in [7, 11) is 0. The molecule has 24 heavy (non-hydrogen) atoms. The molecule has 2 aliphatic rings. The van der Waals surface area contributed by atoms with E-state index in [1.165, 1.54) is 6.42 Å². The molecule has 0 spiro atoms. The van der Waals surface area contributed by atoms with Crippen LogP contribution in [0.4, 0.5) is 0 Å². The number of carbonyl (C=O) groups is 2. The first-order valence-electron chi connectivity index (χ1n) is 9.49. The molecule has 2 rings (SSSR count). The van der Waals surface area contributed by atoms with Crippen molar-refractivity contribution >= 4 is 11.9 Å². The molecule has 0 bridgehead atoms. The molecule has 0 N–H and O–H groups in total. The van der Waals surface area contributed by atoms with Gasteiger partial charge in [-0.3, -0.25) is 19.4 Å². The Morgan fingerprint density at radius 2 is 1.79 bits per heavy atom. The summed E-state index contributed by atoms with van der Waals surface area (Å²) in [5.74, 6) is 0.139. The average Bonchev–Trinajstić information content (AvgIpc) is 2.57. The highest BCUT2D eigenvalue weighted by Crippen LogP contribution is 2.17. The van der Waals surface area contributed by atoms with Crippen LogP contribution in [0.25, 0.3) is 0 Å². The molecular weight excluding hydrogens is 306 g/mol. The molecule has 6 heteroatoms. The molecular formula is C18H33N3O3. The number of piperazine rings is 1. The standard InChI is InChI=1S/C18H33N3O3/c1-4-16(18(23)24-5-2)20-12-10-19(11-13-20)14-17(22)21-9-7-6-8-15(21)3/h15-16H,4-14H2,1-3H3/t15-,16+/m1/s1. The number of ether oxygens (including phenoxy) is 1. The molecule has 2 heterocycles. The lowest BCUT2D eigenvalue weighted by Gasteiger charge is -2.39. The van der Waals surface area contributed by atoms with E-state index in [0.29, 0.717) is 19.2 Å². The van der Waals surface area contributed by atoms with Crippen LogP contribution in [0.1, 0.15) is 46.5 Å². The Morgan fingerprint density at radius 3 is 2.38 bits per heavy atom. The number of amides is 1. The molecule has 0 unspecified atom stereocenters. The van der Waals surface area contributed by atoms with Crippen LogP contribution in [0.5, 0.6) is 0 Å². The van der Waals surface area contributed by atoms with Gasteiger partial charge in [0.05, 0.1) is 13.2 Å². The number of rotatable bonds is 6. The minimum absolute atomic E-state index is 0.119. The van der Waals surface area contributed by atoms with Gasteiger partial charge >= 0.3 is 5.97 Å². The summed E-state index contributed by atoms with van der Waals surface area (Å²) in [4.78, 5) is 31.0. The maximum Gasteiger partial charge on any atom is 0.323 e. The van der Waals surface area contributed by atoms with Crippen molar-refractivity contribution in [2.24, 2.45) is 0 Å². The number of esters is 1. The van der Waals surface area contributed by atoms with E-state index in [-0.39, 0.29) is 17.9 Å². The van der Waals surface area contributed by atoms with Gasteiger partial charge in [-0.2, -0.15) is 0 Å². The third-order valence-corrected chi connectivity index (χ3v) is 5.28. The minimum atomic E-state index is -0.148. The van der Waals surface area contributed by atoms with E-state index < -0.39 is 0 Å². The molecule has 6 nitrogen and oxygen atoms in total. The van der Waals surface area contributed by atoms with Crippen molar-refractivity contribution in [1.29, 1.82) is 0 Å². The van der Waals surface area contributed by atoms with Crippen molar-refractivity contribution in [3.05, 3.63) is 0 Å². The van der Waals surface area contributed by atoms with E-state index in [1.54, 1.807) is 0 Å². The van der Waals surface area contributed by atoms with Crippen molar-refractivity contribution in [1.82, 2.24) is 14.7 Å². The first-order chi connectivity index (χ1) is 11.6. The monoisotopic (exact) mass is 339 g/mol. The molecule has 138 valence electrons. The van der Waals surface area contributed by atoms with Gasteiger partial charge in [0, 0.05) is 38.8 Å². The molecule has 0 aromatic heterocycles. The first-order valence-corrected chi connectivity index (χ1v) is 9.49. The molecule has 0 radical (unpaired) electrons. The molecule has 2 saturated heterocycles. The Labute approximate surface area is 146 Å². The van der Waals surface area contributed by atoms with E-state index in [2.05, 4.69) is 16.7 Å². The van der Waals surface area contributed by atoms with Crippen LogP contribution in [0.15, 0.2) is 0 Å². The Kier molecular flexibility index (Phi) is 7.49. The summed E-state index contributed by atoms with van der Waals surface area (Å²) >= 11 is 0. The molecule has 2 atom stereocenters. The third-order valence-electron chi connectivity index (χ3n) is 5.28. The van der Waals surface area contributed by atoms with E-state index in [0.717, 1.165) is 52.0 Å². The largest absolute Gasteiger partial charge is 0.465 e. The van der Waals surface area contributed by atoms with Crippen LogP contribution in [-0.2, 0) is 14.3 Å². The van der Waals surface area contributed by atoms with Crippen LogP contribution >= 0.6 is 0 Å². The van der Waals surface area contributed by atoms with Gasteiger partial charge in [-0.15, -0.1) is 0 Å². The number of piperidine rings is 1. The van der Waals surface area contributed by atoms with Gasteiger partial charge in [-0.1, -0.05) is 6.92 Å². The molecule has 0 aromatic rings. The quantitative estimate of drug-likeness (QED) is 0.684. The Hall–Kier alpha value is -1.14. The van der Waals surface area contributed by atoms with Crippen LogP contribution in [-0.4, -0.2) is 84.5 Å². The maximum atomic E-state index is 12.5. The zero-order valence-electron chi connectivity index (χ0n) is 15.5. The van der Waals surface area contributed by atoms with Crippen LogP contribution in [0.2, 0.25) is 0 Å². The van der Waals surface area contributed by atoms with Crippen molar-refractivity contribution < 1.29 is 14.3 Å². The van der Waals surface area contributed by atoms with E-state index in [1.807, 2.05) is 18.7 Å². The molecule has 0 aliphatic carbocycles. The molecule has 0 saturated carbocycles. The van der Waals surface area contributed by atoms with Crippen molar-refractivity contribution in [3.63, 3.8) is 0 Å². The fourth-order valence-electron chi connectivity index (χ4n) is 3.80. The zero-order valence-corrected chi connectivity index (χ0v) is 15.5. The van der Waals surface area contributed by atoms with Gasteiger partial charge in [0.1, 0.15) is 6.04 Å². The van der Waals surface area contributed by atoms with E-state index in [9.17, 15) is 9.59 Å². The fraction of sp³-hybridized carbons (Fsp3) is 0.889. The molecule has 2 fully saturated rings. The molecule has 0 aromatic carbocycles. The number of carbonyl (C=O) groups excluding carboxylic acids is 2. The highest BCUT2D eigenvalue weighted by Gasteiger charge is 2.30. The van der Waals surface area contributed by atoms with Gasteiger partial charge in [0.15, 0.2) is 0 Å². The lowest BCUT2D eigenvalue weighted by molar-refractivity contribution is -0.151. The van der Waals surface area contributed by atoms with Gasteiger partial charge in [-0.05, 0) is 39.5 Å². The Bertz CT molecular complexity index is 422. The van der Waals surface area contributed by atoms with Gasteiger partial charge in [-0.25, -0.2) is 0 Å². The second-order valence-corrected chi connectivity index (χ2v) is 6.92. The average molecular weight is 339 g/mol. The summed E-state index contributed by atoms with van der Waals surface area (Å²) in [6.07, 6.45) is 4.25. The van der Waals surface area contributed by atoms with Gasteiger partial charge < -0.3 is 9.64 Å². The highest BCUT2D eigenvalue weighted by atomic mass is 16.5. The van der Waals surface area contributed by atoms with E-state index >= 15 is 0 Å². The topological polar surface area (TPSA) is 53.1 Å². The minimum Gasteiger partial charge on any atom is -0.465 e. The summed E-state index contributed by atoms with van der Waals surface area (Å²) < 4.78 is 5.18. The smallest absolute Gasteiger partial charge is 0.323 e. The first kappa shape index (κ1) is 19.2. The molecule has 1 amide bonds. The second kappa shape index (κ2) is 9.37. The number of hydrogen-bond donors (Lipinski definition) is 0. The fourth-order valence-corrected chi connectivity index (χ4v) is 3.80. The highest BCUT2D eigenvalue weighted by molar-refractivity contribution is 5.78. The summed E-state index contributed by atoms with van der Waals surface area (Å²) in [5, 5.41) is 0. The number of likely N-dealkylation sites (tertiary alicyclic amines) is 1. The van der Waals surface area contributed by atoms with Gasteiger partial charge in [0.2, 0.25) is 5.91 Å². The lowest BCUT2D eigenvalue weighted by atomic mass is 10.0. The van der Waals surface area contributed by atoms with Crippen molar-refractivity contribution in [3.8, 4) is 0 Å². The van der Waals surface area contributed by atoms with Crippen LogP contribution in [0.3, 0.4) is 0 Å². The number of nitrogens with zero attached hydrogens (tertiary/aromatic N) is 3. The van der Waals surface area contributed by atoms with Gasteiger partial charge in [0.25, 0.3) is 0 Å². The number of hydrogen-bond acceptors (Lipinski definition) is 5. The predicted octanol–water partition coefficient (Wildman–Crippen LogP) is 1.35. The summed E-state index contributed by atoms with van der Waals surface area (Å²) in [6.45, 7) is 11.2. The zero-order chi connectivity index (χ0) is 17.5. The van der Waals surface area contributed by atoms with Crippen molar-refractivity contribution in [2.75, 3.05) is 45.9 Å². The van der Waals surface area contributed by atoms with E-state index in [4.69, 9.17) is 4.74 Å². The Morgan fingerprint density at radius 1 is 1.08 bits per heavy atom. The second-order valence-electron chi connectivity index (χ2n) is 6.92. The summed E-state index contributed by atoms with van der Waals surface area (Å²) in [6, 6.07) is 0.228. The summed E-state index contributed by atoms with van der Waals surface area (Å²) in [5.41, 5.74) is 0. The van der Waals surface area contributed by atoms with Crippen LogP contribution < -0.4 is 0 Å². The SMILES string of the molecule is CCOC(=O)[C@H](CC)N1CCN(CC(=O)N2CCCC[C@H]2C)CC1. The normalized spacial score (nSPS) is 24.6. The Balaban J connectivity index is 1.79. The van der Waals surface area contributed by atoms with Crippen molar-refractivity contribution in [2.45, 2.75) is 58.5 Å². The van der Waals surface area contributed by atoms with Crippen LogP contribution in [0, 0.1) is 0 Å². The third kappa shape index (κ3) is 4.93.